The lowest BCUT2D eigenvalue weighted by atomic mass is 10.1. The highest BCUT2D eigenvalue weighted by Gasteiger charge is 2.29. The molecule has 156 valence electrons. The minimum atomic E-state index is -0.436. The Bertz CT molecular complexity index is 845. The number of nitrogens with one attached hydrogen (secondary N) is 1. The Kier molecular flexibility index (Phi) is 7.27. The second kappa shape index (κ2) is 9.89. The molecule has 10 heteroatoms. The van der Waals surface area contributed by atoms with Crippen molar-refractivity contribution in [2.45, 2.75) is 26.3 Å². The SMILES string of the molecule is CCOC(=O)CNC(=O)N1CCN(c2nc(Cc3ccc(Cl)cc3)ns2)CC1C. The highest BCUT2D eigenvalue weighted by molar-refractivity contribution is 7.09. The number of benzene rings is 1. The first-order valence-corrected chi connectivity index (χ1v) is 10.6. The van der Waals surface area contributed by atoms with Crippen molar-refractivity contribution in [2.24, 2.45) is 0 Å². The predicted octanol–water partition coefficient (Wildman–Crippen LogP) is 2.57. The van der Waals surface area contributed by atoms with E-state index in [1.54, 1.807) is 11.8 Å². The van der Waals surface area contributed by atoms with E-state index in [9.17, 15) is 9.59 Å². The maximum absolute atomic E-state index is 12.3. The highest BCUT2D eigenvalue weighted by atomic mass is 35.5. The molecule has 0 bridgehead atoms. The third-order valence-corrected chi connectivity index (χ3v) is 5.65. The molecule has 1 unspecified atom stereocenters. The van der Waals surface area contributed by atoms with Crippen molar-refractivity contribution in [3.63, 3.8) is 0 Å². The average Bonchev–Trinajstić information content (AvgIpc) is 3.16. The van der Waals surface area contributed by atoms with Crippen molar-refractivity contribution in [1.82, 2.24) is 19.6 Å². The van der Waals surface area contributed by atoms with Gasteiger partial charge in [-0.25, -0.2) is 9.78 Å². The van der Waals surface area contributed by atoms with E-state index in [-0.39, 0.29) is 18.6 Å². The Balaban J connectivity index is 1.53. The summed E-state index contributed by atoms with van der Waals surface area (Å²) in [7, 11) is 0. The average molecular weight is 438 g/mol. The number of esters is 1. The van der Waals surface area contributed by atoms with E-state index in [4.69, 9.17) is 16.3 Å². The lowest BCUT2D eigenvalue weighted by molar-refractivity contribution is -0.141. The number of carbonyl (C=O) groups excluding carboxylic acids is 2. The third-order valence-electron chi connectivity index (χ3n) is 4.58. The van der Waals surface area contributed by atoms with E-state index in [0.717, 1.165) is 16.5 Å². The minimum absolute atomic E-state index is 0.0189. The zero-order chi connectivity index (χ0) is 20.8. The molecule has 0 aliphatic carbocycles. The van der Waals surface area contributed by atoms with Gasteiger partial charge >= 0.3 is 12.0 Å². The molecule has 1 aliphatic rings. The van der Waals surface area contributed by atoms with Gasteiger partial charge in [0.25, 0.3) is 0 Å². The summed E-state index contributed by atoms with van der Waals surface area (Å²) >= 11 is 7.29. The molecule has 1 saturated heterocycles. The summed E-state index contributed by atoms with van der Waals surface area (Å²) in [6.45, 7) is 5.74. The van der Waals surface area contributed by atoms with Crippen molar-refractivity contribution >= 4 is 40.3 Å². The first-order valence-electron chi connectivity index (χ1n) is 9.48. The van der Waals surface area contributed by atoms with Crippen LogP contribution in [0.15, 0.2) is 24.3 Å². The summed E-state index contributed by atoms with van der Waals surface area (Å²) in [5, 5.41) is 4.18. The smallest absolute Gasteiger partial charge is 0.325 e. The molecule has 8 nitrogen and oxygen atoms in total. The van der Waals surface area contributed by atoms with Gasteiger partial charge in [0.15, 0.2) is 0 Å². The van der Waals surface area contributed by atoms with Gasteiger partial charge in [0.2, 0.25) is 5.13 Å². The van der Waals surface area contributed by atoms with Gasteiger partial charge in [0, 0.05) is 48.7 Å². The lowest BCUT2D eigenvalue weighted by Gasteiger charge is -2.39. The molecule has 29 heavy (non-hydrogen) atoms. The van der Waals surface area contributed by atoms with E-state index >= 15 is 0 Å². The Morgan fingerprint density at radius 3 is 2.76 bits per heavy atom. The Morgan fingerprint density at radius 1 is 1.31 bits per heavy atom. The van der Waals surface area contributed by atoms with Gasteiger partial charge in [-0.2, -0.15) is 4.37 Å². The summed E-state index contributed by atoms with van der Waals surface area (Å²) in [6, 6.07) is 7.38. The van der Waals surface area contributed by atoms with Crippen LogP contribution < -0.4 is 10.2 Å². The topological polar surface area (TPSA) is 87.7 Å². The number of anilines is 1. The number of rotatable bonds is 6. The maximum atomic E-state index is 12.3. The fraction of sp³-hybridized carbons (Fsp3) is 0.474. The van der Waals surface area contributed by atoms with Crippen molar-refractivity contribution in [3.05, 3.63) is 40.7 Å². The fourth-order valence-electron chi connectivity index (χ4n) is 3.12. The zero-order valence-corrected chi connectivity index (χ0v) is 18.0. The molecule has 1 aliphatic heterocycles. The van der Waals surface area contributed by atoms with Crippen LogP contribution in [0.4, 0.5) is 9.93 Å². The normalized spacial score (nSPS) is 16.6. The van der Waals surface area contributed by atoms with Crippen molar-refractivity contribution < 1.29 is 14.3 Å². The van der Waals surface area contributed by atoms with Crippen LogP contribution in [-0.4, -0.2) is 65.1 Å². The fourth-order valence-corrected chi connectivity index (χ4v) is 3.97. The van der Waals surface area contributed by atoms with Gasteiger partial charge in [-0.1, -0.05) is 23.7 Å². The number of aromatic nitrogens is 2. The van der Waals surface area contributed by atoms with Gasteiger partial charge in [0.05, 0.1) is 6.61 Å². The number of hydrogen-bond donors (Lipinski definition) is 1. The van der Waals surface area contributed by atoms with Crippen LogP contribution in [0.5, 0.6) is 0 Å². The molecule has 1 atom stereocenters. The van der Waals surface area contributed by atoms with E-state index in [1.165, 1.54) is 11.5 Å². The number of nitrogens with zero attached hydrogens (tertiary/aromatic N) is 4. The summed E-state index contributed by atoms with van der Waals surface area (Å²) in [5.41, 5.74) is 1.11. The molecule has 3 rings (SSSR count). The molecule has 0 spiro atoms. The maximum Gasteiger partial charge on any atom is 0.325 e. The summed E-state index contributed by atoms with van der Waals surface area (Å²) < 4.78 is 9.30. The lowest BCUT2D eigenvalue weighted by Crippen LogP contribution is -2.57. The Hall–Kier alpha value is -2.39. The van der Waals surface area contributed by atoms with Crippen LogP contribution in [0.2, 0.25) is 5.02 Å². The third kappa shape index (κ3) is 5.80. The molecule has 2 heterocycles. The second-order valence-electron chi connectivity index (χ2n) is 6.75. The van der Waals surface area contributed by atoms with Gasteiger partial charge in [0.1, 0.15) is 12.4 Å². The molecule has 2 amide bonds. The van der Waals surface area contributed by atoms with E-state index < -0.39 is 5.97 Å². The van der Waals surface area contributed by atoms with E-state index in [2.05, 4.69) is 19.6 Å². The highest BCUT2D eigenvalue weighted by Crippen LogP contribution is 2.22. The number of urea groups is 1. The molecule has 0 radical (unpaired) electrons. The number of ether oxygens (including phenoxy) is 1. The standard InChI is InChI=1S/C19H24ClN5O3S/c1-3-28-17(26)11-21-18(27)25-9-8-24(12-13(25)2)19-22-16(23-29-19)10-14-4-6-15(20)7-5-14/h4-7,13H,3,8-12H2,1-2H3,(H,21,27). The number of hydrogen-bond acceptors (Lipinski definition) is 7. The largest absolute Gasteiger partial charge is 0.465 e. The molecule has 0 saturated carbocycles. The molecule has 1 N–H and O–H groups in total. The quantitative estimate of drug-likeness (QED) is 0.699. The summed E-state index contributed by atoms with van der Waals surface area (Å²) in [5.74, 6) is 0.337. The summed E-state index contributed by atoms with van der Waals surface area (Å²) in [4.78, 5) is 32.3. The monoisotopic (exact) mass is 437 g/mol. The Labute approximate surface area is 179 Å². The molecule has 1 aromatic carbocycles. The van der Waals surface area contributed by atoms with Crippen LogP contribution in [0, 0.1) is 0 Å². The van der Waals surface area contributed by atoms with Gasteiger partial charge < -0.3 is 19.9 Å². The van der Waals surface area contributed by atoms with Gasteiger partial charge in [-0.05, 0) is 31.5 Å². The van der Waals surface area contributed by atoms with Crippen molar-refractivity contribution in [1.29, 1.82) is 0 Å². The first kappa shape index (κ1) is 21.3. The molecular weight excluding hydrogens is 414 g/mol. The van der Waals surface area contributed by atoms with Crippen LogP contribution in [0.25, 0.3) is 0 Å². The number of piperazine rings is 1. The molecule has 1 fully saturated rings. The van der Waals surface area contributed by atoms with Gasteiger partial charge in [-0.3, -0.25) is 4.79 Å². The number of halogens is 1. The van der Waals surface area contributed by atoms with Crippen LogP contribution in [0.1, 0.15) is 25.2 Å². The zero-order valence-electron chi connectivity index (χ0n) is 16.4. The van der Waals surface area contributed by atoms with Crippen molar-refractivity contribution in [3.8, 4) is 0 Å². The number of carbonyl (C=O) groups is 2. The van der Waals surface area contributed by atoms with E-state index in [0.29, 0.717) is 37.7 Å². The van der Waals surface area contributed by atoms with Crippen LogP contribution in [-0.2, 0) is 16.0 Å². The van der Waals surface area contributed by atoms with Crippen LogP contribution >= 0.6 is 23.1 Å². The summed E-state index contributed by atoms with van der Waals surface area (Å²) in [6.07, 6.45) is 0.652. The first-order chi connectivity index (χ1) is 14.0. The minimum Gasteiger partial charge on any atom is -0.465 e. The van der Waals surface area contributed by atoms with Crippen molar-refractivity contribution in [2.75, 3.05) is 37.7 Å². The predicted molar refractivity (Wildman–Crippen MR) is 113 cm³/mol. The second-order valence-corrected chi connectivity index (χ2v) is 7.92. The molecule has 1 aromatic heterocycles. The number of amides is 2. The van der Waals surface area contributed by atoms with E-state index in [1.807, 2.05) is 31.2 Å². The molecule has 2 aromatic rings. The Morgan fingerprint density at radius 2 is 2.07 bits per heavy atom. The van der Waals surface area contributed by atoms with Crippen LogP contribution in [0.3, 0.4) is 0 Å². The molecular formula is C19H24ClN5O3S. The van der Waals surface area contributed by atoms with Gasteiger partial charge in [-0.15, -0.1) is 0 Å².